The molecule has 1 aromatic carbocycles. The van der Waals surface area contributed by atoms with Crippen LogP contribution >= 0.6 is 0 Å². The van der Waals surface area contributed by atoms with Crippen LogP contribution in [0.3, 0.4) is 0 Å². The number of fused-ring (bicyclic) bond motifs is 3. The van der Waals surface area contributed by atoms with E-state index in [-0.39, 0.29) is 17.7 Å². The van der Waals surface area contributed by atoms with E-state index in [0.29, 0.717) is 24.8 Å². The van der Waals surface area contributed by atoms with Crippen LogP contribution in [0.25, 0.3) is 0 Å². The van der Waals surface area contributed by atoms with Gasteiger partial charge >= 0.3 is 0 Å². The first-order valence-corrected chi connectivity index (χ1v) is 13.8. The molecule has 2 unspecified atom stereocenters. The van der Waals surface area contributed by atoms with E-state index >= 15 is 0 Å². The number of aromatic hydroxyl groups is 1. The Balaban J connectivity index is 1.58. The molecule has 0 saturated heterocycles. The molecule has 1 aromatic rings. The summed E-state index contributed by atoms with van der Waals surface area (Å²) in [5.74, 6) is -11.4. The van der Waals surface area contributed by atoms with Gasteiger partial charge in [0.1, 0.15) is 5.75 Å². The number of aliphatic hydroxyl groups excluding tert-OH is 1. The average Bonchev–Trinajstić information content (AvgIpc) is 2.89. The Morgan fingerprint density at radius 1 is 1.08 bits per heavy atom. The Labute approximate surface area is 226 Å². The van der Waals surface area contributed by atoms with Crippen LogP contribution in [-0.4, -0.2) is 86.6 Å². The molecule has 3 fully saturated rings. The lowest BCUT2D eigenvalue weighted by molar-refractivity contribution is -0.196. The zero-order chi connectivity index (χ0) is 28.4. The number of carbonyl (C=O) groups is 5. The third-order valence-corrected chi connectivity index (χ3v) is 9.74. The van der Waals surface area contributed by atoms with Crippen molar-refractivity contribution in [3.63, 3.8) is 0 Å². The molecule has 10 nitrogen and oxygen atoms in total. The van der Waals surface area contributed by atoms with Crippen LogP contribution in [0.2, 0.25) is 0 Å². The molecule has 5 rings (SSSR count). The highest BCUT2D eigenvalue weighted by Gasteiger charge is 2.72. The fraction of sp³-hybridized carbons (Fsp3) is 0.621. The van der Waals surface area contributed by atoms with E-state index in [1.54, 1.807) is 12.1 Å². The van der Waals surface area contributed by atoms with E-state index in [1.807, 2.05) is 6.92 Å². The maximum atomic E-state index is 14.0. The first-order chi connectivity index (χ1) is 18.4. The molecule has 7 atom stereocenters. The number of rotatable bonds is 4. The number of likely N-dealkylation sites (N-methyl/N-ethyl adjacent to an activating group) is 1. The van der Waals surface area contributed by atoms with E-state index in [9.17, 15) is 39.3 Å². The van der Waals surface area contributed by atoms with Crippen LogP contribution in [0, 0.1) is 23.7 Å². The maximum absolute atomic E-state index is 14.0. The number of Topliss-reactive ketones (excluding diaryl/α,β-unsaturated/α-hetero) is 4. The summed E-state index contributed by atoms with van der Waals surface area (Å²) in [6, 6.07) is 3.13. The zero-order valence-electron chi connectivity index (χ0n) is 22.5. The van der Waals surface area contributed by atoms with Crippen molar-refractivity contribution < 1.29 is 39.3 Å². The van der Waals surface area contributed by atoms with Gasteiger partial charge in [-0.1, -0.05) is 38.3 Å². The number of phenolic OH excluding ortho intramolecular Hbond substituents is 1. The molecule has 4 N–H and O–H groups in total. The minimum Gasteiger partial charge on any atom is -0.507 e. The summed E-state index contributed by atoms with van der Waals surface area (Å²) in [5.41, 5.74) is -3.18. The summed E-state index contributed by atoms with van der Waals surface area (Å²) in [4.78, 5) is 70.3. The van der Waals surface area contributed by atoms with Gasteiger partial charge in [-0.15, -0.1) is 0 Å². The van der Waals surface area contributed by atoms with Crippen molar-refractivity contribution >= 4 is 29.0 Å². The van der Waals surface area contributed by atoms with Crippen LogP contribution in [0.1, 0.15) is 61.4 Å². The van der Waals surface area contributed by atoms with Crippen LogP contribution in [0.15, 0.2) is 18.2 Å². The fourth-order valence-electron chi connectivity index (χ4n) is 7.66. The standard InChI is InChI=1S/C29H36N2O8/c1-4-28(11-6-5-7-12-28)30-27(38)19-24(35)21(31(2)3)20-22(33)15-13-14-9-8-10-16(32)17(14)23(34)18(15)25(36)29(20,39)26(19)37/h8-10,15,18-22,32-33,39H,4-7,11-13H2,1-3H3,(H,30,38)/t15-,18?,19?,20-,21+,22+,29+/m0/s1. The quantitative estimate of drug-likeness (QED) is 0.400. The molecule has 0 bridgehead atoms. The van der Waals surface area contributed by atoms with Gasteiger partial charge in [-0.3, -0.25) is 28.9 Å². The molecule has 0 aromatic heterocycles. The second-order valence-corrected chi connectivity index (χ2v) is 12.0. The van der Waals surface area contributed by atoms with Crippen LogP contribution in [0.4, 0.5) is 0 Å². The number of nitrogens with one attached hydrogen (secondary N) is 1. The monoisotopic (exact) mass is 540 g/mol. The zero-order valence-corrected chi connectivity index (χ0v) is 22.5. The van der Waals surface area contributed by atoms with E-state index in [2.05, 4.69) is 5.32 Å². The van der Waals surface area contributed by atoms with Crippen LogP contribution in [0.5, 0.6) is 5.75 Å². The maximum Gasteiger partial charge on any atom is 0.238 e. The van der Waals surface area contributed by atoms with Crippen molar-refractivity contribution in [1.29, 1.82) is 0 Å². The fourth-order valence-corrected chi connectivity index (χ4v) is 7.66. The number of amides is 1. The largest absolute Gasteiger partial charge is 0.507 e. The molecule has 0 spiro atoms. The number of hydrogen-bond acceptors (Lipinski definition) is 9. The smallest absolute Gasteiger partial charge is 0.238 e. The molecule has 0 aliphatic heterocycles. The summed E-state index contributed by atoms with van der Waals surface area (Å²) in [6.45, 7) is 1.92. The molecule has 4 aliphatic carbocycles. The van der Waals surface area contributed by atoms with Gasteiger partial charge in [0.2, 0.25) is 5.91 Å². The number of ketones is 4. The van der Waals surface area contributed by atoms with E-state index in [1.165, 1.54) is 25.1 Å². The highest BCUT2D eigenvalue weighted by molar-refractivity contribution is 6.32. The van der Waals surface area contributed by atoms with Gasteiger partial charge < -0.3 is 20.6 Å². The highest BCUT2D eigenvalue weighted by Crippen LogP contribution is 2.50. The number of nitrogens with zero attached hydrogens (tertiary/aromatic N) is 1. The Kier molecular flexibility index (Phi) is 6.80. The van der Waals surface area contributed by atoms with E-state index < -0.39 is 76.0 Å². The lowest BCUT2D eigenvalue weighted by Gasteiger charge is -2.55. The summed E-state index contributed by atoms with van der Waals surface area (Å²) in [6.07, 6.45) is 3.21. The minimum atomic E-state index is -2.94. The van der Waals surface area contributed by atoms with Crippen molar-refractivity contribution in [2.45, 2.75) is 75.2 Å². The molecule has 4 aliphatic rings. The molecule has 10 heteroatoms. The molecule has 0 radical (unpaired) electrons. The van der Waals surface area contributed by atoms with Gasteiger partial charge in [-0.05, 0) is 51.4 Å². The van der Waals surface area contributed by atoms with E-state index in [4.69, 9.17) is 0 Å². The molecule has 1 amide bonds. The van der Waals surface area contributed by atoms with Crippen LogP contribution in [-0.2, 0) is 25.6 Å². The molecular weight excluding hydrogens is 504 g/mol. The number of carbonyl (C=O) groups excluding carboxylic acids is 5. The summed E-state index contributed by atoms with van der Waals surface area (Å²) >= 11 is 0. The topological polar surface area (TPSA) is 161 Å². The lowest BCUT2D eigenvalue weighted by atomic mass is 9.51. The van der Waals surface area contributed by atoms with Gasteiger partial charge in [0.15, 0.2) is 34.7 Å². The van der Waals surface area contributed by atoms with Gasteiger partial charge in [-0.25, -0.2) is 0 Å². The molecule has 210 valence electrons. The number of phenols is 1. The lowest BCUT2D eigenvalue weighted by Crippen LogP contribution is -2.78. The second kappa shape index (κ2) is 9.60. The third-order valence-electron chi connectivity index (χ3n) is 9.74. The Hall–Kier alpha value is -2.95. The molecule has 3 saturated carbocycles. The predicted molar refractivity (Wildman–Crippen MR) is 138 cm³/mol. The first-order valence-electron chi connectivity index (χ1n) is 13.8. The highest BCUT2D eigenvalue weighted by atomic mass is 16.3. The second-order valence-electron chi connectivity index (χ2n) is 12.0. The first kappa shape index (κ1) is 27.6. The normalized spacial score (nSPS) is 35.7. The summed E-state index contributed by atoms with van der Waals surface area (Å²) < 4.78 is 0. The summed E-state index contributed by atoms with van der Waals surface area (Å²) in [5, 5.41) is 36.7. The molecule has 39 heavy (non-hydrogen) atoms. The third kappa shape index (κ3) is 3.90. The predicted octanol–water partition coefficient (Wildman–Crippen LogP) is 0.582. The van der Waals surface area contributed by atoms with Gasteiger partial charge in [-0.2, -0.15) is 0 Å². The Bertz CT molecular complexity index is 1250. The number of aliphatic hydroxyl groups is 2. The Morgan fingerprint density at radius 3 is 2.36 bits per heavy atom. The molecular formula is C29H36N2O8. The van der Waals surface area contributed by atoms with Crippen LogP contribution < -0.4 is 5.32 Å². The molecule has 0 heterocycles. The van der Waals surface area contributed by atoms with Crippen molar-refractivity contribution in [3.8, 4) is 5.75 Å². The minimum absolute atomic E-state index is 0.0328. The van der Waals surface area contributed by atoms with Gasteiger partial charge in [0.05, 0.1) is 29.5 Å². The van der Waals surface area contributed by atoms with Gasteiger partial charge in [0, 0.05) is 11.5 Å². The van der Waals surface area contributed by atoms with Crippen molar-refractivity contribution in [2.24, 2.45) is 23.7 Å². The van der Waals surface area contributed by atoms with Crippen molar-refractivity contribution in [1.82, 2.24) is 10.2 Å². The van der Waals surface area contributed by atoms with Gasteiger partial charge in [0.25, 0.3) is 0 Å². The Morgan fingerprint density at radius 2 is 1.74 bits per heavy atom. The number of benzene rings is 1. The van der Waals surface area contributed by atoms with Crippen molar-refractivity contribution in [2.75, 3.05) is 14.1 Å². The van der Waals surface area contributed by atoms with E-state index in [0.717, 1.165) is 19.3 Å². The number of hydrogen-bond donors (Lipinski definition) is 4. The van der Waals surface area contributed by atoms with Crippen molar-refractivity contribution in [3.05, 3.63) is 29.3 Å². The SMILES string of the molecule is CCC1(NC(=O)C2C(=O)[C@H](N(C)C)[C@H]3[C@H](O)[C@H]4Cc5cccc(O)c5C(=O)C4C(=O)[C@@]3(O)C2=O)CCCCC1. The average molecular weight is 541 g/mol. The summed E-state index contributed by atoms with van der Waals surface area (Å²) in [7, 11) is 3.04.